The molecule has 4 heteroatoms. The van der Waals surface area contributed by atoms with Crippen molar-refractivity contribution in [2.24, 2.45) is 11.8 Å². The summed E-state index contributed by atoms with van der Waals surface area (Å²) in [6, 6.07) is 0. The normalized spacial score (nSPS) is 20.8. The number of carbonyl (C=O) groups excluding carboxylic acids is 2. The summed E-state index contributed by atoms with van der Waals surface area (Å²) >= 11 is 0. The highest BCUT2D eigenvalue weighted by molar-refractivity contribution is 5.94. The van der Waals surface area contributed by atoms with Crippen molar-refractivity contribution >= 4 is 11.8 Å². The number of esters is 1. The van der Waals surface area contributed by atoms with Gasteiger partial charge in [-0.05, 0) is 32.3 Å². The Morgan fingerprint density at radius 1 is 1.19 bits per heavy atom. The number of unbranched alkanes of at least 4 members (excludes halogenated alkanes) is 5. The van der Waals surface area contributed by atoms with Crippen molar-refractivity contribution in [2.75, 3.05) is 6.61 Å². The molecule has 4 nitrogen and oxygen atoms in total. The number of ether oxygens (including phenoxy) is 1. The van der Waals surface area contributed by atoms with E-state index < -0.39 is 6.10 Å². The van der Waals surface area contributed by atoms with Crippen LogP contribution in [0.25, 0.3) is 0 Å². The average molecular weight is 365 g/mol. The highest BCUT2D eigenvalue weighted by Crippen LogP contribution is 2.29. The van der Waals surface area contributed by atoms with E-state index in [0.717, 1.165) is 57.8 Å². The molecule has 1 aliphatic rings. The van der Waals surface area contributed by atoms with Crippen LogP contribution in [0.4, 0.5) is 0 Å². The molecule has 0 aromatic rings. The molecule has 1 N–H and O–H groups in total. The molecule has 0 saturated carbocycles. The molecule has 0 aromatic heterocycles. The fourth-order valence-electron chi connectivity index (χ4n) is 3.36. The molecular weight excluding hydrogens is 328 g/mol. The van der Waals surface area contributed by atoms with Crippen LogP contribution in [0.1, 0.15) is 78.1 Å². The van der Waals surface area contributed by atoms with Gasteiger partial charge in [-0.25, -0.2) is 0 Å². The Hall–Kier alpha value is -1.42. The van der Waals surface area contributed by atoms with Gasteiger partial charge >= 0.3 is 5.97 Å². The molecule has 0 bridgehead atoms. The first-order valence-electron chi connectivity index (χ1n) is 10.3. The Morgan fingerprint density at radius 2 is 1.96 bits per heavy atom. The minimum absolute atomic E-state index is 0.0131. The Bertz CT molecular complexity index is 467. The summed E-state index contributed by atoms with van der Waals surface area (Å²) in [5, 5.41) is 10.0. The number of carbonyl (C=O) groups is 2. The molecule has 148 valence electrons. The molecule has 0 unspecified atom stereocenters. The predicted molar refractivity (Wildman–Crippen MR) is 105 cm³/mol. The van der Waals surface area contributed by atoms with Gasteiger partial charge in [0.25, 0.3) is 0 Å². The Balaban J connectivity index is 2.25. The standard InChI is InChI=1S/C22H36O4/c1-3-5-8-11-19(23)16-14-18-15-17-21(24)20(18)12-9-6-7-10-13-22(25)26-4-2/h14-20,23H,3-13H2,1-2H3/t18-,19-,20+/m0/s1. The van der Waals surface area contributed by atoms with E-state index in [-0.39, 0.29) is 23.6 Å². The molecule has 0 spiro atoms. The van der Waals surface area contributed by atoms with Crippen molar-refractivity contribution in [3.8, 4) is 0 Å². The minimum Gasteiger partial charge on any atom is -0.466 e. The van der Waals surface area contributed by atoms with Crippen LogP contribution in [0.15, 0.2) is 24.3 Å². The van der Waals surface area contributed by atoms with Crippen LogP contribution in [0.5, 0.6) is 0 Å². The predicted octanol–water partition coefficient (Wildman–Crippen LogP) is 4.76. The van der Waals surface area contributed by atoms with Gasteiger partial charge in [0.05, 0.1) is 12.7 Å². The smallest absolute Gasteiger partial charge is 0.305 e. The third-order valence-electron chi connectivity index (χ3n) is 4.92. The summed E-state index contributed by atoms with van der Waals surface area (Å²) in [7, 11) is 0. The second-order valence-corrected chi connectivity index (χ2v) is 7.15. The van der Waals surface area contributed by atoms with Crippen molar-refractivity contribution < 1.29 is 19.4 Å². The van der Waals surface area contributed by atoms with E-state index in [4.69, 9.17) is 4.74 Å². The van der Waals surface area contributed by atoms with Gasteiger partial charge in [-0.2, -0.15) is 0 Å². The van der Waals surface area contributed by atoms with Gasteiger partial charge in [0.1, 0.15) is 0 Å². The minimum atomic E-state index is -0.408. The Morgan fingerprint density at radius 3 is 2.69 bits per heavy atom. The second kappa shape index (κ2) is 13.7. The van der Waals surface area contributed by atoms with Gasteiger partial charge in [-0.3, -0.25) is 9.59 Å². The molecule has 0 radical (unpaired) electrons. The number of aliphatic hydroxyl groups is 1. The first kappa shape index (κ1) is 22.6. The lowest BCUT2D eigenvalue weighted by atomic mass is 9.88. The van der Waals surface area contributed by atoms with E-state index in [1.807, 2.05) is 25.2 Å². The van der Waals surface area contributed by atoms with E-state index in [2.05, 4.69) is 6.92 Å². The Labute approximate surface area is 158 Å². The van der Waals surface area contributed by atoms with Crippen LogP contribution in [-0.4, -0.2) is 29.6 Å². The molecule has 26 heavy (non-hydrogen) atoms. The maximum atomic E-state index is 12.1. The molecule has 3 atom stereocenters. The summed E-state index contributed by atoms with van der Waals surface area (Å²) in [5.74, 6) is 0.207. The largest absolute Gasteiger partial charge is 0.466 e. The van der Waals surface area contributed by atoms with E-state index in [1.165, 1.54) is 0 Å². The number of rotatable bonds is 14. The summed E-state index contributed by atoms with van der Waals surface area (Å²) in [6.45, 7) is 4.41. The lowest BCUT2D eigenvalue weighted by molar-refractivity contribution is -0.143. The van der Waals surface area contributed by atoms with Crippen molar-refractivity contribution in [2.45, 2.75) is 84.2 Å². The van der Waals surface area contributed by atoms with Gasteiger partial charge in [-0.1, -0.05) is 63.7 Å². The fourth-order valence-corrected chi connectivity index (χ4v) is 3.36. The SMILES string of the molecule is CCCCC[C@H](O)C=C[C@H]1C=CC(=O)[C@@H]1CCCCCCC(=O)OCC. The molecule has 1 aliphatic carbocycles. The molecule has 0 saturated heterocycles. The van der Waals surface area contributed by atoms with E-state index in [9.17, 15) is 14.7 Å². The van der Waals surface area contributed by atoms with Crippen LogP contribution in [-0.2, 0) is 14.3 Å². The third-order valence-corrected chi connectivity index (χ3v) is 4.92. The van der Waals surface area contributed by atoms with Gasteiger partial charge in [-0.15, -0.1) is 0 Å². The van der Waals surface area contributed by atoms with Gasteiger partial charge < -0.3 is 9.84 Å². The van der Waals surface area contributed by atoms with Crippen LogP contribution in [0.3, 0.4) is 0 Å². The number of hydrogen-bond acceptors (Lipinski definition) is 4. The summed E-state index contributed by atoms with van der Waals surface area (Å²) in [6.07, 6.45) is 16.4. The van der Waals surface area contributed by atoms with Crippen LogP contribution in [0, 0.1) is 11.8 Å². The van der Waals surface area contributed by atoms with Crippen LogP contribution < -0.4 is 0 Å². The van der Waals surface area contributed by atoms with Crippen LogP contribution >= 0.6 is 0 Å². The van der Waals surface area contributed by atoms with Gasteiger partial charge in [0.15, 0.2) is 5.78 Å². The third kappa shape index (κ3) is 9.33. The lowest BCUT2D eigenvalue weighted by Gasteiger charge is -2.15. The molecule has 0 amide bonds. The number of ketones is 1. The van der Waals surface area contributed by atoms with E-state index in [0.29, 0.717) is 13.0 Å². The van der Waals surface area contributed by atoms with Crippen LogP contribution in [0.2, 0.25) is 0 Å². The number of hydrogen-bond donors (Lipinski definition) is 1. The lowest BCUT2D eigenvalue weighted by Crippen LogP contribution is -2.15. The zero-order valence-electron chi connectivity index (χ0n) is 16.5. The monoisotopic (exact) mass is 364 g/mol. The molecular formula is C22H36O4. The second-order valence-electron chi connectivity index (χ2n) is 7.15. The molecule has 1 rings (SSSR count). The highest BCUT2D eigenvalue weighted by Gasteiger charge is 2.27. The summed E-state index contributed by atoms with van der Waals surface area (Å²) in [5.41, 5.74) is 0. The molecule has 0 fully saturated rings. The van der Waals surface area contributed by atoms with Crippen molar-refractivity contribution in [1.82, 2.24) is 0 Å². The summed E-state index contributed by atoms with van der Waals surface area (Å²) in [4.78, 5) is 23.4. The number of allylic oxidation sites excluding steroid dienone is 3. The van der Waals surface area contributed by atoms with Crippen molar-refractivity contribution in [3.63, 3.8) is 0 Å². The van der Waals surface area contributed by atoms with Crippen molar-refractivity contribution in [3.05, 3.63) is 24.3 Å². The van der Waals surface area contributed by atoms with E-state index in [1.54, 1.807) is 6.08 Å². The van der Waals surface area contributed by atoms with E-state index >= 15 is 0 Å². The van der Waals surface area contributed by atoms with Gasteiger partial charge in [0.2, 0.25) is 0 Å². The van der Waals surface area contributed by atoms with Gasteiger partial charge in [0, 0.05) is 18.3 Å². The average Bonchev–Trinajstić information content (AvgIpc) is 2.96. The first-order chi connectivity index (χ1) is 12.6. The zero-order valence-corrected chi connectivity index (χ0v) is 16.5. The zero-order chi connectivity index (χ0) is 19.2. The first-order valence-corrected chi connectivity index (χ1v) is 10.3. The maximum Gasteiger partial charge on any atom is 0.305 e. The summed E-state index contributed by atoms with van der Waals surface area (Å²) < 4.78 is 4.91. The molecule has 0 aliphatic heterocycles. The quantitative estimate of drug-likeness (QED) is 0.274. The maximum absolute atomic E-state index is 12.1. The number of aliphatic hydroxyl groups excluding tert-OH is 1. The molecule has 0 aromatic carbocycles. The highest BCUT2D eigenvalue weighted by atomic mass is 16.5. The molecule has 0 heterocycles. The fraction of sp³-hybridized carbons (Fsp3) is 0.727. The topological polar surface area (TPSA) is 63.6 Å². The Kier molecular flexibility index (Phi) is 12.0. The van der Waals surface area contributed by atoms with Crippen molar-refractivity contribution in [1.29, 1.82) is 0 Å².